The monoisotopic (exact) mass is 437 g/mol. The van der Waals surface area contributed by atoms with Crippen LogP contribution in [-0.2, 0) is 17.8 Å². The van der Waals surface area contributed by atoms with Crippen molar-refractivity contribution in [1.82, 2.24) is 35.3 Å². The zero-order chi connectivity index (χ0) is 22.5. The lowest BCUT2D eigenvalue weighted by Crippen LogP contribution is -2.38. The molecule has 0 radical (unpaired) electrons. The molecule has 1 fully saturated rings. The summed E-state index contributed by atoms with van der Waals surface area (Å²) in [6.45, 7) is 5.46. The van der Waals surface area contributed by atoms with E-state index in [1.807, 2.05) is 29.2 Å². The second-order valence-electron chi connectivity index (χ2n) is 7.95. The Kier molecular flexibility index (Phi) is 6.58. The molecule has 10 heteroatoms. The molecule has 0 atom stereocenters. The van der Waals surface area contributed by atoms with Crippen LogP contribution in [0.1, 0.15) is 41.6 Å². The summed E-state index contributed by atoms with van der Waals surface area (Å²) in [5, 5.41) is 20.2. The largest absolute Gasteiger partial charge is 0.497 e. The van der Waals surface area contributed by atoms with Gasteiger partial charge in [-0.25, -0.2) is 0 Å². The fourth-order valence-corrected chi connectivity index (χ4v) is 3.84. The highest BCUT2D eigenvalue weighted by molar-refractivity contribution is 5.92. The van der Waals surface area contributed by atoms with Crippen LogP contribution in [0, 0.1) is 19.8 Å². The minimum absolute atomic E-state index is 0.00794. The molecule has 32 heavy (non-hydrogen) atoms. The van der Waals surface area contributed by atoms with Gasteiger partial charge in [-0.3, -0.25) is 4.79 Å². The number of carbonyl (C=O) groups is 1. The zero-order valence-electron chi connectivity index (χ0n) is 18.6. The van der Waals surface area contributed by atoms with Gasteiger partial charge in [-0.05, 0) is 60.2 Å². The summed E-state index contributed by atoms with van der Waals surface area (Å²) in [5.74, 6) is 3.07. The molecular formula is C22H27N7O3. The molecule has 1 saturated heterocycles. The lowest BCUT2D eigenvalue weighted by molar-refractivity contribution is -0.127. The number of hydrogen-bond acceptors (Lipinski definition) is 8. The van der Waals surface area contributed by atoms with Crippen molar-refractivity contribution < 1.29 is 13.9 Å². The van der Waals surface area contributed by atoms with Gasteiger partial charge >= 0.3 is 0 Å². The third kappa shape index (κ3) is 5.37. The van der Waals surface area contributed by atoms with Gasteiger partial charge in [0.2, 0.25) is 17.7 Å². The van der Waals surface area contributed by atoms with Crippen molar-refractivity contribution in [2.75, 3.05) is 20.2 Å². The minimum Gasteiger partial charge on any atom is -0.497 e. The molecule has 168 valence electrons. The number of carbonyl (C=O) groups excluding carboxylic acids is 1. The molecule has 3 heterocycles. The maximum absolute atomic E-state index is 12.8. The maximum Gasteiger partial charge on any atom is 0.246 e. The number of piperidine rings is 1. The number of likely N-dealkylation sites (tertiary alicyclic amines) is 1. The molecule has 1 aliphatic rings. The van der Waals surface area contributed by atoms with Crippen LogP contribution in [0.2, 0.25) is 0 Å². The number of hydrogen-bond donors (Lipinski definition) is 0. The summed E-state index contributed by atoms with van der Waals surface area (Å²) in [5.41, 5.74) is 1.86. The number of aromatic nitrogens is 6. The summed E-state index contributed by atoms with van der Waals surface area (Å²) >= 11 is 0. The summed E-state index contributed by atoms with van der Waals surface area (Å²) in [7, 11) is 1.62. The number of tetrazole rings is 1. The lowest BCUT2D eigenvalue weighted by Gasteiger charge is -2.30. The van der Waals surface area contributed by atoms with E-state index in [1.165, 1.54) is 4.80 Å². The van der Waals surface area contributed by atoms with Crippen molar-refractivity contribution >= 4 is 12.0 Å². The molecule has 0 saturated carbocycles. The fraction of sp³-hybridized carbons (Fsp3) is 0.455. The van der Waals surface area contributed by atoms with Crippen LogP contribution in [0.3, 0.4) is 0 Å². The van der Waals surface area contributed by atoms with Crippen molar-refractivity contribution in [3.8, 4) is 5.75 Å². The lowest BCUT2D eigenvalue weighted by atomic mass is 9.93. The highest BCUT2D eigenvalue weighted by Crippen LogP contribution is 2.23. The highest BCUT2D eigenvalue weighted by Gasteiger charge is 2.23. The topological polar surface area (TPSA) is 112 Å². The molecule has 3 aromatic rings. The van der Waals surface area contributed by atoms with Crippen LogP contribution in [0.4, 0.5) is 0 Å². The molecule has 10 nitrogen and oxygen atoms in total. The smallest absolute Gasteiger partial charge is 0.246 e. The first kappa shape index (κ1) is 21.7. The number of nitrogens with zero attached hydrogens (tertiary/aromatic N) is 7. The number of rotatable bonds is 7. The Bertz CT molecular complexity index is 1100. The van der Waals surface area contributed by atoms with E-state index in [2.05, 4.69) is 25.6 Å². The van der Waals surface area contributed by atoms with Crippen LogP contribution in [0.5, 0.6) is 5.75 Å². The van der Waals surface area contributed by atoms with Gasteiger partial charge in [-0.15, -0.1) is 20.4 Å². The summed E-state index contributed by atoms with van der Waals surface area (Å²) < 4.78 is 10.8. The number of ether oxygens (including phenoxy) is 1. The van der Waals surface area contributed by atoms with E-state index in [0.717, 1.165) is 49.2 Å². The van der Waals surface area contributed by atoms with Crippen LogP contribution in [0.15, 0.2) is 28.7 Å². The molecule has 0 spiro atoms. The van der Waals surface area contributed by atoms with Crippen LogP contribution in [-0.4, -0.2) is 61.4 Å². The van der Waals surface area contributed by atoms with E-state index in [0.29, 0.717) is 30.1 Å². The molecule has 0 N–H and O–H groups in total. The van der Waals surface area contributed by atoms with Gasteiger partial charge in [0.25, 0.3) is 0 Å². The van der Waals surface area contributed by atoms with Crippen molar-refractivity contribution in [2.45, 2.75) is 39.7 Å². The highest BCUT2D eigenvalue weighted by atomic mass is 16.5. The Morgan fingerprint density at radius 2 is 2.03 bits per heavy atom. The van der Waals surface area contributed by atoms with E-state index >= 15 is 0 Å². The van der Waals surface area contributed by atoms with Crippen LogP contribution in [0.25, 0.3) is 6.08 Å². The standard InChI is InChI=1S/C22H27N7O3/c1-15-23-27-29(26-15)14-19-13-20(31-3)6-4-18(19)5-7-22(30)28-10-8-17(9-11-28)12-21-25-24-16(2)32-21/h4-7,13,17H,8-12,14H2,1-3H3. The Labute approximate surface area is 186 Å². The van der Waals surface area contributed by atoms with Crippen molar-refractivity contribution in [3.05, 3.63) is 53.0 Å². The first-order valence-electron chi connectivity index (χ1n) is 10.7. The number of amides is 1. The van der Waals surface area contributed by atoms with Crippen molar-refractivity contribution in [3.63, 3.8) is 0 Å². The van der Waals surface area contributed by atoms with E-state index in [9.17, 15) is 4.79 Å². The minimum atomic E-state index is 0.00794. The van der Waals surface area contributed by atoms with E-state index < -0.39 is 0 Å². The van der Waals surface area contributed by atoms with Crippen LogP contribution < -0.4 is 4.74 Å². The molecular weight excluding hydrogens is 410 g/mol. The quantitative estimate of drug-likeness (QED) is 0.517. The fourth-order valence-electron chi connectivity index (χ4n) is 3.84. The third-order valence-corrected chi connectivity index (χ3v) is 5.58. The van der Waals surface area contributed by atoms with Crippen LogP contribution >= 0.6 is 0 Å². The summed E-state index contributed by atoms with van der Waals surface area (Å²) in [4.78, 5) is 16.2. The molecule has 1 amide bonds. The van der Waals surface area contributed by atoms with Gasteiger partial charge in [0.15, 0.2) is 5.82 Å². The number of methoxy groups -OCH3 is 1. The van der Waals surface area contributed by atoms with Crippen molar-refractivity contribution in [1.29, 1.82) is 0 Å². The Morgan fingerprint density at radius 1 is 1.22 bits per heavy atom. The molecule has 0 aliphatic carbocycles. The Balaban J connectivity index is 1.38. The second-order valence-corrected chi connectivity index (χ2v) is 7.95. The molecule has 1 aromatic carbocycles. The van der Waals surface area contributed by atoms with Gasteiger partial charge in [-0.1, -0.05) is 6.07 Å². The van der Waals surface area contributed by atoms with Gasteiger partial charge < -0.3 is 14.1 Å². The summed E-state index contributed by atoms with van der Waals surface area (Å²) in [6.07, 6.45) is 6.09. The predicted octanol–water partition coefficient (Wildman–Crippen LogP) is 2.22. The average molecular weight is 438 g/mol. The SMILES string of the molecule is COc1ccc(C=CC(=O)N2CCC(Cc3nnc(C)o3)CC2)c(Cn2nnc(C)n2)c1. The maximum atomic E-state index is 12.8. The normalized spacial score (nSPS) is 14.9. The first-order chi connectivity index (χ1) is 15.5. The molecule has 2 aromatic heterocycles. The van der Waals surface area contributed by atoms with E-state index in [4.69, 9.17) is 9.15 Å². The van der Waals surface area contributed by atoms with E-state index in [1.54, 1.807) is 27.0 Å². The average Bonchev–Trinajstić information content (AvgIpc) is 3.40. The number of benzene rings is 1. The zero-order valence-corrected chi connectivity index (χ0v) is 18.6. The summed E-state index contributed by atoms with van der Waals surface area (Å²) in [6, 6.07) is 5.73. The van der Waals surface area contributed by atoms with Gasteiger partial charge in [0.05, 0.1) is 13.7 Å². The second kappa shape index (κ2) is 9.71. The number of aryl methyl sites for hydroxylation is 2. The third-order valence-electron chi connectivity index (χ3n) is 5.58. The Morgan fingerprint density at radius 3 is 2.69 bits per heavy atom. The molecule has 1 aliphatic heterocycles. The van der Waals surface area contributed by atoms with Gasteiger partial charge in [0, 0.05) is 32.5 Å². The Hall–Kier alpha value is -3.56. The van der Waals surface area contributed by atoms with Crippen molar-refractivity contribution in [2.24, 2.45) is 5.92 Å². The van der Waals surface area contributed by atoms with Gasteiger partial charge in [-0.2, -0.15) is 4.80 Å². The predicted molar refractivity (Wildman–Crippen MR) is 116 cm³/mol. The van der Waals surface area contributed by atoms with E-state index in [-0.39, 0.29) is 5.91 Å². The molecule has 4 rings (SSSR count). The molecule has 0 unspecified atom stereocenters. The first-order valence-corrected chi connectivity index (χ1v) is 10.7. The molecule has 0 bridgehead atoms. The van der Waals surface area contributed by atoms with Gasteiger partial charge in [0.1, 0.15) is 5.75 Å².